The maximum Gasteiger partial charge on any atom is 0.124 e. The lowest BCUT2D eigenvalue weighted by atomic mass is 9.67. The third kappa shape index (κ3) is 2.26. The van der Waals surface area contributed by atoms with Crippen molar-refractivity contribution in [2.45, 2.75) is 5.41 Å². The first kappa shape index (κ1) is 17.2. The first-order valence-corrected chi connectivity index (χ1v) is 9.28. The maximum absolute atomic E-state index is 10.9. The molecular weight excluding hydrogens is 364 g/mol. The first-order valence-electron chi connectivity index (χ1n) is 9.28. The van der Waals surface area contributed by atoms with Gasteiger partial charge >= 0.3 is 0 Å². The Hall–Kier alpha value is -3.92. The lowest BCUT2D eigenvalue weighted by molar-refractivity contribution is 0.432. The molecule has 29 heavy (non-hydrogen) atoms. The molecule has 0 aliphatic heterocycles. The zero-order valence-corrected chi connectivity index (χ0v) is 15.4. The second-order valence-electron chi connectivity index (χ2n) is 7.24. The van der Waals surface area contributed by atoms with Gasteiger partial charge in [0, 0.05) is 23.3 Å². The van der Waals surface area contributed by atoms with Crippen molar-refractivity contribution in [3.63, 3.8) is 0 Å². The fraction of sp³-hybridized carbons (Fsp3) is 0.0400. The van der Waals surface area contributed by atoms with E-state index in [1.165, 1.54) is 24.3 Å². The Morgan fingerprint density at radius 2 is 0.862 bits per heavy atom. The summed E-state index contributed by atoms with van der Waals surface area (Å²) in [5.74, 6) is -0.250. The Bertz CT molecular complexity index is 1160. The SMILES string of the molecule is Oc1ccc(C2(c3ccc(O)cc3O)c3ccccc3-c3ccccc32)c(O)c1. The predicted molar refractivity (Wildman–Crippen MR) is 110 cm³/mol. The van der Waals surface area contributed by atoms with Gasteiger partial charge in [-0.25, -0.2) is 0 Å². The van der Waals surface area contributed by atoms with Gasteiger partial charge in [0.25, 0.3) is 0 Å². The number of hydrogen-bond donors (Lipinski definition) is 4. The first-order chi connectivity index (χ1) is 14.0. The van der Waals surface area contributed by atoms with Gasteiger partial charge in [-0.3, -0.25) is 0 Å². The number of phenolic OH excluding ortho intramolecular Hbond substituents is 4. The Balaban J connectivity index is 2.00. The molecule has 4 heteroatoms. The fourth-order valence-corrected chi connectivity index (χ4v) is 4.63. The zero-order chi connectivity index (χ0) is 20.2. The van der Waals surface area contributed by atoms with Crippen LogP contribution in [0.1, 0.15) is 22.3 Å². The Morgan fingerprint density at radius 1 is 0.448 bits per heavy atom. The van der Waals surface area contributed by atoms with Crippen LogP contribution >= 0.6 is 0 Å². The highest BCUT2D eigenvalue weighted by Crippen LogP contribution is 2.59. The summed E-state index contributed by atoms with van der Waals surface area (Å²) in [7, 11) is 0. The summed E-state index contributed by atoms with van der Waals surface area (Å²) in [6.07, 6.45) is 0. The van der Waals surface area contributed by atoms with Crippen molar-refractivity contribution >= 4 is 0 Å². The lowest BCUT2D eigenvalue weighted by Crippen LogP contribution is -2.28. The highest BCUT2D eigenvalue weighted by atomic mass is 16.3. The Labute approximate surface area is 167 Å². The van der Waals surface area contributed by atoms with Crippen LogP contribution in [0.15, 0.2) is 84.9 Å². The van der Waals surface area contributed by atoms with Gasteiger partial charge in [0.1, 0.15) is 23.0 Å². The van der Waals surface area contributed by atoms with E-state index in [4.69, 9.17) is 0 Å². The van der Waals surface area contributed by atoms with E-state index in [-0.39, 0.29) is 23.0 Å². The van der Waals surface area contributed by atoms with E-state index in [2.05, 4.69) is 0 Å². The lowest BCUT2D eigenvalue weighted by Gasteiger charge is -2.34. The quantitative estimate of drug-likeness (QED) is 0.351. The number of aromatic hydroxyl groups is 4. The highest BCUT2D eigenvalue weighted by Gasteiger charge is 2.48. The van der Waals surface area contributed by atoms with Gasteiger partial charge < -0.3 is 20.4 Å². The average molecular weight is 382 g/mol. The molecule has 1 aliphatic carbocycles. The molecule has 0 heterocycles. The molecule has 0 bridgehead atoms. The molecule has 0 saturated carbocycles. The molecule has 0 atom stereocenters. The summed E-state index contributed by atoms with van der Waals surface area (Å²) in [5, 5.41) is 41.5. The van der Waals surface area contributed by atoms with Crippen LogP contribution in [-0.2, 0) is 5.41 Å². The Morgan fingerprint density at radius 3 is 1.28 bits per heavy atom. The molecule has 4 nitrogen and oxygen atoms in total. The summed E-state index contributed by atoms with van der Waals surface area (Å²) in [6.45, 7) is 0. The van der Waals surface area contributed by atoms with Crippen LogP contribution < -0.4 is 0 Å². The fourth-order valence-electron chi connectivity index (χ4n) is 4.63. The van der Waals surface area contributed by atoms with Gasteiger partial charge in [-0.2, -0.15) is 0 Å². The van der Waals surface area contributed by atoms with Crippen molar-refractivity contribution in [2.75, 3.05) is 0 Å². The molecule has 0 fully saturated rings. The zero-order valence-electron chi connectivity index (χ0n) is 15.4. The summed E-state index contributed by atoms with van der Waals surface area (Å²) in [4.78, 5) is 0. The molecule has 0 unspecified atom stereocenters. The van der Waals surface area contributed by atoms with Gasteiger partial charge in [0.15, 0.2) is 0 Å². The second kappa shape index (κ2) is 6.04. The third-order valence-corrected chi connectivity index (χ3v) is 5.72. The van der Waals surface area contributed by atoms with E-state index in [0.717, 1.165) is 22.3 Å². The maximum atomic E-state index is 10.9. The van der Waals surface area contributed by atoms with Crippen LogP contribution in [-0.4, -0.2) is 20.4 Å². The summed E-state index contributed by atoms with van der Waals surface area (Å²) >= 11 is 0. The highest BCUT2D eigenvalue weighted by molar-refractivity contribution is 5.87. The molecule has 0 radical (unpaired) electrons. The van der Waals surface area contributed by atoms with Crippen molar-refractivity contribution in [1.29, 1.82) is 0 Å². The van der Waals surface area contributed by atoms with E-state index in [9.17, 15) is 20.4 Å². The number of benzene rings is 4. The van der Waals surface area contributed by atoms with Gasteiger partial charge in [-0.05, 0) is 34.4 Å². The molecule has 0 saturated heterocycles. The van der Waals surface area contributed by atoms with Crippen LogP contribution in [0.5, 0.6) is 23.0 Å². The molecule has 0 aromatic heterocycles. The van der Waals surface area contributed by atoms with Crippen LogP contribution in [0, 0.1) is 0 Å². The second-order valence-corrected chi connectivity index (χ2v) is 7.24. The molecule has 4 aromatic rings. The molecule has 142 valence electrons. The normalized spacial score (nSPS) is 13.7. The van der Waals surface area contributed by atoms with E-state index < -0.39 is 5.41 Å². The molecule has 5 rings (SSSR count). The molecule has 0 amide bonds. The minimum absolute atomic E-state index is 0.0455. The van der Waals surface area contributed by atoms with E-state index in [0.29, 0.717) is 11.1 Å². The molecule has 4 N–H and O–H groups in total. The molecule has 1 aliphatic rings. The van der Waals surface area contributed by atoms with Crippen LogP contribution in [0.3, 0.4) is 0 Å². The number of hydrogen-bond acceptors (Lipinski definition) is 4. The van der Waals surface area contributed by atoms with E-state index >= 15 is 0 Å². The van der Waals surface area contributed by atoms with Gasteiger partial charge in [0.2, 0.25) is 0 Å². The minimum atomic E-state index is -1.01. The van der Waals surface area contributed by atoms with Gasteiger partial charge in [0.05, 0.1) is 5.41 Å². The predicted octanol–water partition coefficient (Wildman–Crippen LogP) is 4.87. The van der Waals surface area contributed by atoms with E-state index in [1.54, 1.807) is 12.1 Å². The van der Waals surface area contributed by atoms with Crippen molar-refractivity contribution in [2.24, 2.45) is 0 Å². The minimum Gasteiger partial charge on any atom is -0.508 e. The van der Waals surface area contributed by atoms with Crippen molar-refractivity contribution in [3.05, 3.63) is 107 Å². The molecule has 4 aromatic carbocycles. The van der Waals surface area contributed by atoms with Crippen molar-refractivity contribution < 1.29 is 20.4 Å². The van der Waals surface area contributed by atoms with Gasteiger partial charge in [-0.15, -0.1) is 0 Å². The average Bonchev–Trinajstić information content (AvgIpc) is 3.00. The molecular formula is C25H18O4. The van der Waals surface area contributed by atoms with E-state index in [1.807, 2.05) is 48.5 Å². The van der Waals surface area contributed by atoms with Crippen LogP contribution in [0.4, 0.5) is 0 Å². The monoisotopic (exact) mass is 382 g/mol. The summed E-state index contributed by atoms with van der Waals surface area (Å²) in [6, 6.07) is 24.8. The summed E-state index contributed by atoms with van der Waals surface area (Å²) < 4.78 is 0. The number of rotatable bonds is 2. The number of fused-ring (bicyclic) bond motifs is 3. The number of phenols is 4. The van der Waals surface area contributed by atoms with Gasteiger partial charge in [-0.1, -0.05) is 60.7 Å². The van der Waals surface area contributed by atoms with Crippen molar-refractivity contribution in [1.82, 2.24) is 0 Å². The molecule has 0 spiro atoms. The standard InChI is InChI=1S/C25H18O4/c26-15-9-11-21(23(28)13-15)25(22-12-10-16(27)14-24(22)29)19-7-3-1-5-17(19)18-6-2-4-8-20(18)25/h1-14,26-29H. The summed E-state index contributed by atoms with van der Waals surface area (Å²) in [5.41, 5.74) is 3.88. The van der Waals surface area contributed by atoms with Crippen LogP contribution in [0.2, 0.25) is 0 Å². The smallest absolute Gasteiger partial charge is 0.124 e. The largest absolute Gasteiger partial charge is 0.508 e. The Kier molecular flexibility index (Phi) is 3.58. The third-order valence-electron chi connectivity index (χ3n) is 5.72. The van der Waals surface area contributed by atoms with Crippen molar-refractivity contribution in [3.8, 4) is 34.1 Å². The topological polar surface area (TPSA) is 80.9 Å². The van der Waals surface area contributed by atoms with Crippen LogP contribution in [0.25, 0.3) is 11.1 Å².